The molecule has 0 aromatic heterocycles. The zero-order valence-electron chi connectivity index (χ0n) is 14.2. The van der Waals surface area contributed by atoms with Gasteiger partial charge in [-0.2, -0.15) is 5.10 Å². The van der Waals surface area contributed by atoms with Crippen LogP contribution in [0.5, 0.6) is 11.5 Å². The Labute approximate surface area is 158 Å². The summed E-state index contributed by atoms with van der Waals surface area (Å²) in [5.41, 5.74) is 4.00. The van der Waals surface area contributed by atoms with Crippen molar-refractivity contribution in [3.63, 3.8) is 0 Å². The quantitative estimate of drug-likeness (QED) is 0.440. The van der Waals surface area contributed by atoms with Crippen LogP contribution in [0.1, 0.15) is 27.0 Å². The van der Waals surface area contributed by atoms with Crippen molar-refractivity contribution >= 4 is 34.0 Å². The van der Waals surface area contributed by atoms with Crippen LogP contribution in [0.15, 0.2) is 39.9 Å². The van der Waals surface area contributed by atoms with E-state index in [1.807, 2.05) is 0 Å². The summed E-state index contributed by atoms with van der Waals surface area (Å²) in [4.78, 5) is 23.8. The first-order valence-corrected chi connectivity index (χ1v) is 8.47. The van der Waals surface area contributed by atoms with Gasteiger partial charge in [0.2, 0.25) is 0 Å². The predicted molar refractivity (Wildman–Crippen MR) is 101 cm³/mol. The SMILES string of the molecule is Cc1cc(O)c(C)c(O)c1/C=N/NC(=O)CNC(=O)c1ccccc1Br. The normalized spacial score (nSPS) is 10.7. The monoisotopic (exact) mass is 419 g/mol. The second-order valence-electron chi connectivity index (χ2n) is 5.56. The minimum atomic E-state index is -0.519. The summed E-state index contributed by atoms with van der Waals surface area (Å²) >= 11 is 3.27. The fourth-order valence-electron chi connectivity index (χ4n) is 2.17. The molecule has 2 rings (SSSR count). The Morgan fingerprint density at radius 1 is 1.23 bits per heavy atom. The number of amides is 2. The van der Waals surface area contributed by atoms with Gasteiger partial charge in [0.15, 0.2) is 0 Å². The molecule has 136 valence electrons. The van der Waals surface area contributed by atoms with Gasteiger partial charge >= 0.3 is 0 Å². The zero-order chi connectivity index (χ0) is 19.3. The van der Waals surface area contributed by atoms with E-state index in [2.05, 4.69) is 31.8 Å². The number of aryl methyl sites for hydroxylation is 1. The van der Waals surface area contributed by atoms with E-state index in [0.717, 1.165) is 0 Å². The van der Waals surface area contributed by atoms with E-state index < -0.39 is 5.91 Å². The number of benzene rings is 2. The molecular weight excluding hydrogens is 402 g/mol. The number of phenols is 2. The first kappa shape index (κ1) is 19.5. The molecule has 0 atom stereocenters. The third-order valence-electron chi connectivity index (χ3n) is 3.68. The van der Waals surface area contributed by atoms with Gasteiger partial charge in [0.1, 0.15) is 11.5 Å². The summed E-state index contributed by atoms with van der Waals surface area (Å²) in [5, 5.41) is 25.9. The van der Waals surface area contributed by atoms with E-state index in [-0.39, 0.29) is 24.0 Å². The Hall–Kier alpha value is -2.87. The number of carbonyl (C=O) groups is 2. The lowest BCUT2D eigenvalue weighted by molar-refractivity contribution is -0.120. The Morgan fingerprint density at radius 2 is 1.92 bits per heavy atom. The molecule has 2 aromatic carbocycles. The highest BCUT2D eigenvalue weighted by Crippen LogP contribution is 2.31. The van der Waals surface area contributed by atoms with Crippen LogP contribution in [0.25, 0.3) is 0 Å². The van der Waals surface area contributed by atoms with Crippen molar-refractivity contribution in [1.29, 1.82) is 0 Å². The van der Waals surface area contributed by atoms with E-state index in [1.165, 1.54) is 12.3 Å². The molecule has 2 amide bonds. The molecular formula is C18H18BrN3O4. The van der Waals surface area contributed by atoms with Crippen LogP contribution >= 0.6 is 15.9 Å². The zero-order valence-corrected chi connectivity index (χ0v) is 15.8. The molecule has 0 saturated carbocycles. The lowest BCUT2D eigenvalue weighted by Crippen LogP contribution is -2.35. The molecule has 0 aliphatic heterocycles. The van der Waals surface area contributed by atoms with Crippen molar-refractivity contribution in [2.45, 2.75) is 13.8 Å². The molecule has 0 spiro atoms. The van der Waals surface area contributed by atoms with Gasteiger partial charge in [-0.05, 0) is 53.5 Å². The second-order valence-corrected chi connectivity index (χ2v) is 6.41. The van der Waals surface area contributed by atoms with Crippen LogP contribution in [0.4, 0.5) is 0 Å². The number of hydrogen-bond donors (Lipinski definition) is 4. The average molecular weight is 420 g/mol. The molecule has 7 nitrogen and oxygen atoms in total. The summed E-state index contributed by atoms with van der Waals surface area (Å²) in [5.74, 6) is -1.03. The van der Waals surface area contributed by atoms with Gasteiger partial charge in [0.25, 0.3) is 11.8 Å². The Balaban J connectivity index is 1.93. The van der Waals surface area contributed by atoms with E-state index in [9.17, 15) is 19.8 Å². The van der Waals surface area contributed by atoms with Gasteiger partial charge in [-0.15, -0.1) is 0 Å². The van der Waals surface area contributed by atoms with Crippen LogP contribution in [0.3, 0.4) is 0 Å². The maximum atomic E-state index is 12.0. The molecule has 0 saturated heterocycles. The van der Waals surface area contributed by atoms with Crippen molar-refractivity contribution < 1.29 is 19.8 Å². The van der Waals surface area contributed by atoms with Gasteiger partial charge in [0.05, 0.1) is 18.3 Å². The van der Waals surface area contributed by atoms with Crippen LogP contribution in [0.2, 0.25) is 0 Å². The highest BCUT2D eigenvalue weighted by atomic mass is 79.9. The summed E-state index contributed by atoms with van der Waals surface area (Å²) < 4.78 is 0.629. The van der Waals surface area contributed by atoms with Crippen LogP contribution in [0, 0.1) is 13.8 Å². The molecule has 8 heteroatoms. The number of aromatic hydroxyl groups is 2. The summed E-state index contributed by atoms with van der Waals surface area (Å²) in [6.45, 7) is 3.01. The molecule has 0 radical (unpaired) electrons. The molecule has 0 fully saturated rings. The molecule has 0 heterocycles. The summed E-state index contributed by atoms with van der Waals surface area (Å²) in [6, 6.07) is 8.36. The lowest BCUT2D eigenvalue weighted by Gasteiger charge is -2.09. The minimum absolute atomic E-state index is 0.0176. The lowest BCUT2D eigenvalue weighted by atomic mass is 10.0. The summed E-state index contributed by atoms with van der Waals surface area (Å²) in [6.07, 6.45) is 1.28. The number of nitrogens with zero attached hydrogens (tertiary/aromatic N) is 1. The van der Waals surface area contributed by atoms with Crippen molar-refractivity contribution in [1.82, 2.24) is 10.7 Å². The first-order chi connectivity index (χ1) is 12.3. The Bertz CT molecular complexity index is 881. The molecule has 4 N–H and O–H groups in total. The number of halogens is 1. The van der Waals surface area contributed by atoms with E-state index in [0.29, 0.717) is 26.7 Å². The third-order valence-corrected chi connectivity index (χ3v) is 4.37. The average Bonchev–Trinajstić information content (AvgIpc) is 2.61. The number of hydrogen-bond acceptors (Lipinski definition) is 5. The fraction of sp³-hybridized carbons (Fsp3) is 0.167. The number of phenolic OH excluding ortho intramolecular Hbond substituents is 2. The van der Waals surface area contributed by atoms with Crippen molar-refractivity contribution in [3.05, 3.63) is 57.1 Å². The van der Waals surface area contributed by atoms with Crippen LogP contribution in [-0.2, 0) is 4.79 Å². The van der Waals surface area contributed by atoms with Gasteiger partial charge in [-0.1, -0.05) is 12.1 Å². The second kappa shape index (κ2) is 8.48. The smallest absolute Gasteiger partial charge is 0.259 e. The number of carbonyl (C=O) groups excluding carboxylic acids is 2. The van der Waals surface area contributed by atoms with Crippen molar-refractivity contribution in [3.8, 4) is 11.5 Å². The van der Waals surface area contributed by atoms with Gasteiger partial charge in [-0.25, -0.2) is 5.43 Å². The largest absolute Gasteiger partial charge is 0.508 e. The molecule has 0 aliphatic carbocycles. The third kappa shape index (κ3) is 4.60. The highest BCUT2D eigenvalue weighted by Gasteiger charge is 2.12. The summed E-state index contributed by atoms with van der Waals surface area (Å²) in [7, 11) is 0. The van der Waals surface area contributed by atoms with Gasteiger partial charge < -0.3 is 15.5 Å². The Kier molecular flexibility index (Phi) is 6.35. The maximum absolute atomic E-state index is 12.0. The minimum Gasteiger partial charge on any atom is -0.508 e. The molecule has 0 unspecified atom stereocenters. The van der Waals surface area contributed by atoms with Gasteiger partial charge in [-0.3, -0.25) is 9.59 Å². The van der Waals surface area contributed by atoms with E-state index in [4.69, 9.17) is 0 Å². The van der Waals surface area contributed by atoms with E-state index >= 15 is 0 Å². The van der Waals surface area contributed by atoms with Gasteiger partial charge in [0, 0.05) is 15.6 Å². The van der Waals surface area contributed by atoms with Crippen molar-refractivity contribution in [2.75, 3.05) is 6.54 Å². The molecule has 26 heavy (non-hydrogen) atoms. The maximum Gasteiger partial charge on any atom is 0.259 e. The molecule has 2 aromatic rings. The molecule has 0 bridgehead atoms. The van der Waals surface area contributed by atoms with Crippen molar-refractivity contribution in [2.24, 2.45) is 5.10 Å². The number of nitrogens with one attached hydrogen (secondary N) is 2. The topological polar surface area (TPSA) is 111 Å². The molecule has 0 aliphatic rings. The Morgan fingerprint density at radius 3 is 2.62 bits per heavy atom. The van der Waals surface area contributed by atoms with E-state index in [1.54, 1.807) is 38.1 Å². The van der Waals surface area contributed by atoms with Crippen LogP contribution in [-0.4, -0.2) is 34.8 Å². The predicted octanol–water partition coefficient (Wildman–Crippen LogP) is 2.36. The van der Waals surface area contributed by atoms with Crippen LogP contribution < -0.4 is 10.7 Å². The standard InChI is InChI=1S/C18H18BrN3O4/c1-10-7-15(23)11(2)17(25)13(10)8-21-22-16(24)9-20-18(26)12-5-3-4-6-14(12)19/h3-8,23,25H,9H2,1-2H3,(H,20,26)(H,22,24)/b21-8+. The first-order valence-electron chi connectivity index (χ1n) is 7.68. The highest BCUT2D eigenvalue weighted by molar-refractivity contribution is 9.10. The number of rotatable bonds is 5. The fourth-order valence-corrected chi connectivity index (χ4v) is 2.64. The number of hydrazone groups is 1.